The van der Waals surface area contributed by atoms with Gasteiger partial charge >= 0.3 is 0 Å². The van der Waals surface area contributed by atoms with E-state index in [1.165, 1.54) is 6.33 Å². The van der Waals surface area contributed by atoms with Crippen LogP contribution >= 0.6 is 0 Å². The van der Waals surface area contributed by atoms with E-state index in [9.17, 15) is 10.1 Å². The molecule has 1 aliphatic heterocycles. The average Bonchev–Trinajstić information content (AvgIpc) is 3.47. The number of hydrogen-bond donors (Lipinski definition) is 1. The van der Waals surface area contributed by atoms with Crippen LogP contribution in [0.1, 0.15) is 48.9 Å². The first-order valence-corrected chi connectivity index (χ1v) is 11.9. The normalized spacial score (nSPS) is 19.9. The number of carbonyl (C=O) groups is 1. The molecule has 0 spiro atoms. The SMILES string of the molecule is C#Cc1cc(C)c(-c2c(C3=CC[C@@H](C(=O)N4CCC[C@H]4C#N)CC3)c3c(N)ncnc3n2C)cn1. The summed E-state index contributed by atoms with van der Waals surface area (Å²) in [4.78, 5) is 28.1. The maximum Gasteiger partial charge on any atom is 0.227 e. The van der Waals surface area contributed by atoms with E-state index >= 15 is 0 Å². The lowest BCUT2D eigenvalue weighted by Gasteiger charge is -2.28. The van der Waals surface area contributed by atoms with E-state index in [-0.39, 0.29) is 17.9 Å². The molecule has 0 bridgehead atoms. The third-order valence-corrected chi connectivity index (χ3v) is 7.28. The molecule has 0 radical (unpaired) electrons. The molecule has 2 aliphatic rings. The maximum absolute atomic E-state index is 13.2. The van der Waals surface area contributed by atoms with Gasteiger partial charge in [0, 0.05) is 36.8 Å². The van der Waals surface area contributed by atoms with Crippen LogP contribution in [0.3, 0.4) is 0 Å². The molecule has 4 heterocycles. The van der Waals surface area contributed by atoms with Gasteiger partial charge in [-0.15, -0.1) is 6.42 Å². The molecular formula is C27H27N7O. The second kappa shape index (κ2) is 8.88. The summed E-state index contributed by atoms with van der Waals surface area (Å²) in [7, 11) is 1.97. The van der Waals surface area contributed by atoms with Crippen molar-refractivity contribution >= 4 is 28.3 Å². The average molecular weight is 466 g/mol. The fourth-order valence-corrected chi connectivity index (χ4v) is 5.47. The molecule has 8 nitrogen and oxygen atoms in total. The molecule has 0 aromatic carbocycles. The number of hydrogen-bond acceptors (Lipinski definition) is 6. The minimum atomic E-state index is -0.295. The molecule has 0 saturated carbocycles. The van der Waals surface area contributed by atoms with E-state index in [0.29, 0.717) is 24.5 Å². The first-order valence-electron chi connectivity index (χ1n) is 11.9. The Morgan fingerprint density at radius 2 is 2.11 bits per heavy atom. The van der Waals surface area contributed by atoms with Crippen molar-refractivity contribution in [3.05, 3.63) is 41.5 Å². The summed E-state index contributed by atoms with van der Waals surface area (Å²) in [5, 5.41) is 10.2. The van der Waals surface area contributed by atoms with Gasteiger partial charge in [0.05, 0.1) is 17.1 Å². The van der Waals surface area contributed by atoms with Crippen LogP contribution in [0.5, 0.6) is 0 Å². The second-order valence-corrected chi connectivity index (χ2v) is 9.29. The number of anilines is 1. The predicted molar refractivity (Wildman–Crippen MR) is 134 cm³/mol. The van der Waals surface area contributed by atoms with Gasteiger partial charge in [-0.05, 0) is 56.2 Å². The number of amides is 1. The van der Waals surface area contributed by atoms with Crippen molar-refractivity contribution in [3.63, 3.8) is 0 Å². The number of fused-ring (bicyclic) bond motifs is 1. The Balaban J connectivity index is 1.58. The van der Waals surface area contributed by atoms with Crippen molar-refractivity contribution < 1.29 is 4.79 Å². The van der Waals surface area contributed by atoms with E-state index in [4.69, 9.17) is 12.2 Å². The zero-order valence-electron chi connectivity index (χ0n) is 20.0. The van der Waals surface area contributed by atoms with Gasteiger partial charge in [-0.2, -0.15) is 5.26 Å². The number of pyridine rings is 1. The molecule has 8 heteroatoms. The largest absolute Gasteiger partial charge is 0.383 e. The van der Waals surface area contributed by atoms with Crippen LogP contribution in [0.15, 0.2) is 24.7 Å². The molecule has 35 heavy (non-hydrogen) atoms. The highest BCUT2D eigenvalue weighted by molar-refractivity contribution is 6.04. The van der Waals surface area contributed by atoms with E-state index in [1.807, 2.05) is 24.6 Å². The Morgan fingerprint density at radius 3 is 2.80 bits per heavy atom. The lowest BCUT2D eigenvalue weighted by atomic mass is 9.84. The van der Waals surface area contributed by atoms with Crippen molar-refractivity contribution in [2.75, 3.05) is 12.3 Å². The van der Waals surface area contributed by atoms with E-state index < -0.39 is 0 Å². The van der Waals surface area contributed by atoms with Gasteiger partial charge in [-0.3, -0.25) is 4.79 Å². The molecule has 2 atom stereocenters. The summed E-state index contributed by atoms with van der Waals surface area (Å²) in [6.45, 7) is 2.69. The van der Waals surface area contributed by atoms with Gasteiger partial charge in [0.15, 0.2) is 0 Å². The molecular weight excluding hydrogens is 438 g/mol. The summed E-state index contributed by atoms with van der Waals surface area (Å²) in [5.41, 5.74) is 12.7. The lowest BCUT2D eigenvalue weighted by molar-refractivity contribution is -0.135. The molecule has 1 saturated heterocycles. The highest BCUT2D eigenvalue weighted by atomic mass is 16.2. The van der Waals surface area contributed by atoms with Crippen LogP contribution in [0, 0.1) is 36.5 Å². The number of nitrogens with two attached hydrogens (primary N) is 1. The number of allylic oxidation sites excluding steroid dienone is 2. The summed E-state index contributed by atoms with van der Waals surface area (Å²) >= 11 is 0. The molecule has 176 valence electrons. The summed E-state index contributed by atoms with van der Waals surface area (Å²) in [5.74, 6) is 2.99. The highest BCUT2D eigenvalue weighted by Gasteiger charge is 2.34. The monoisotopic (exact) mass is 465 g/mol. The van der Waals surface area contributed by atoms with Crippen LogP contribution < -0.4 is 5.73 Å². The summed E-state index contributed by atoms with van der Waals surface area (Å²) in [6, 6.07) is 3.88. The van der Waals surface area contributed by atoms with Crippen molar-refractivity contribution in [1.82, 2.24) is 24.4 Å². The van der Waals surface area contributed by atoms with Crippen LogP contribution in [0.4, 0.5) is 5.82 Å². The topological polar surface area (TPSA) is 114 Å². The standard InChI is InChI=1S/C27H27N7O/c1-4-19-12-16(2)21(14-30-19)24-22(23-25(29)31-15-32-26(23)33(24)3)17-7-9-18(10-8-17)27(35)34-11-5-6-20(34)13-28/h1,7,12,14-15,18,20H,5-6,8-11H2,2-3H3,(H2,29,31,32)/t18-,20+/m1/s1. The van der Waals surface area contributed by atoms with Gasteiger partial charge in [-0.25, -0.2) is 15.0 Å². The van der Waals surface area contributed by atoms with Crippen LogP contribution in [0.25, 0.3) is 27.9 Å². The smallest absolute Gasteiger partial charge is 0.227 e. The fraction of sp³-hybridized carbons (Fsp3) is 0.370. The zero-order valence-corrected chi connectivity index (χ0v) is 20.0. The highest BCUT2D eigenvalue weighted by Crippen LogP contribution is 2.43. The zero-order chi connectivity index (χ0) is 24.7. The fourth-order valence-electron chi connectivity index (χ4n) is 5.47. The van der Waals surface area contributed by atoms with Gasteiger partial charge < -0.3 is 15.2 Å². The van der Waals surface area contributed by atoms with Crippen LogP contribution in [0.2, 0.25) is 0 Å². The molecule has 3 aromatic heterocycles. The molecule has 1 aliphatic carbocycles. The number of nitriles is 1. The molecule has 2 N–H and O–H groups in total. The van der Waals surface area contributed by atoms with Crippen molar-refractivity contribution in [2.24, 2.45) is 13.0 Å². The second-order valence-electron chi connectivity index (χ2n) is 9.29. The summed E-state index contributed by atoms with van der Waals surface area (Å²) in [6.07, 6.45) is 14.7. The van der Waals surface area contributed by atoms with Crippen LogP contribution in [-0.2, 0) is 11.8 Å². The molecule has 1 amide bonds. The number of nitrogen functional groups attached to an aromatic ring is 1. The lowest BCUT2D eigenvalue weighted by Crippen LogP contribution is -2.39. The van der Waals surface area contributed by atoms with Gasteiger partial charge in [0.25, 0.3) is 0 Å². The minimum Gasteiger partial charge on any atom is -0.383 e. The first kappa shape index (κ1) is 22.6. The predicted octanol–water partition coefficient (Wildman–Crippen LogP) is 3.60. The van der Waals surface area contributed by atoms with Crippen molar-refractivity contribution in [1.29, 1.82) is 5.26 Å². The van der Waals surface area contributed by atoms with E-state index in [0.717, 1.165) is 64.7 Å². The maximum atomic E-state index is 13.2. The Bertz CT molecular complexity index is 1450. The van der Waals surface area contributed by atoms with Gasteiger partial charge in [-0.1, -0.05) is 12.0 Å². The number of rotatable bonds is 3. The number of aryl methyl sites for hydroxylation is 2. The minimum absolute atomic E-state index is 0.0928. The molecule has 5 rings (SSSR count). The Morgan fingerprint density at radius 1 is 1.29 bits per heavy atom. The molecule has 0 unspecified atom stereocenters. The number of terminal acetylenes is 1. The Kier molecular flexibility index (Phi) is 5.74. The third-order valence-electron chi connectivity index (χ3n) is 7.28. The number of nitrogens with zero attached hydrogens (tertiary/aromatic N) is 6. The van der Waals surface area contributed by atoms with E-state index in [2.05, 4.69) is 33.0 Å². The van der Waals surface area contributed by atoms with Crippen molar-refractivity contribution in [2.45, 2.75) is 45.1 Å². The third kappa shape index (κ3) is 3.72. The van der Waals surface area contributed by atoms with Gasteiger partial charge in [0.1, 0.15) is 29.5 Å². The number of likely N-dealkylation sites (tertiary alicyclic amines) is 1. The van der Waals surface area contributed by atoms with Gasteiger partial charge in [0.2, 0.25) is 5.91 Å². The Hall–Kier alpha value is -4.17. The number of aromatic nitrogens is 4. The Labute approximate surface area is 204 Å². The first-order chi connectivity index (χ1) is 16.9. The van der Waals surface area contributed by atoms with E-state index in [1.54, 1.807) is 11.1 Å². The molecule has 3 aromatic rings. The quantitative estimate of drug-likeness (QED) is 0.591. The summed E-state index contributed by atoms with van der Waals surface area (Å²) < 4.78 is 2.03. The van der Waals surface area contributed by atoms with Crippen LogP contribution in [-0.4, -0.2) is 42.9 Å². The van der Waals surface area contributed by atoms with Crippen molar-refractivity contribution in [3.8, 4) is 29.7 Å². The molecule has 1 fully saturated rings. The number of carbonyl (C=O) groups excluding carboxylic acids is 1.